The third-order valence-corrected chi connectivity index (χ3v) is 2.79. The highest BCUT2D eigenvalue weighted by Gasteiger charge is 2.06. The molecule has 0 radical (unpaired) electrons. The Morgan fingerprint density at radius 3 is 2.62 bits per heavy atom. The van der Waals surface area contributed by atoms with Crippen molar-refractivity contribution in [2.45, 2.75) is 0 Å². The Labute approximate surface area is 119 Å². The summed E-state index contributed by atoms with van der Waals surface area (Å²) in [5.41, 5.74) is 7.59. The first-order chi connectivity index (χ1) is 10.1. The quantitative estimate of drug-likeness (QED) is 0.552. The van der Waals surface area contributed by atoms with Crippen LogP contribution in [0.2, 0.25) is 0 Å². The molecule has 1 aromatic heterocycles. The maximum atomic E-state index is 10.6. The van der Waals surface area contributed by atoms with Crippen molar-refractivity contribution in [2.75, 3.05) is 11.1 Å². The number of carbonyl (C=O) groups is 1. The van der Waals surface area contributed by atoms with Gasteiger partial charge in [0, 0.05) is 11.8 Å². The molecule has 7 nitrogen and oxygen atoms in total. The summed E-state index contributed by atoms with van der Waals surface area (Å²) in [6.45, 7) is 0. The Morgan fingerprint density at radius 2 is 1.90 bits per heavy atom. The lowest BCUT2D eigenvalue weighted by molar-refractivity contribution is 0.209. The van der Waals surface area contributed by atoms with E-state index in [1.807, 2.05) is 0 Å². The van der Waals surface area contributed by atoms with Gasteiger partial charge in [0.15, 0.2) is 0 Å². The van der Waals surface area contributed by atoms with Gasteiger partial charge < -0.3 is 20.6 Å². The molecule has 1 amide bonds. The SMILES string of the molecule is Nc1ccc(Oc2ccc3nc(NC(=O)O)[nH]c3c2)cc1. The van der Waals surface area contributed by atoms with E-state index in [1.165, 1.54) is 0 Å². The predicted molar refractivity (Wildman–Crippen MR) is 78.7 cm³/mol. The molecule has 21 heavy (non-hydrogen) atoms. The molecule has 0 saturated heterocycles. The van der Waals surface area contributed by atoms with E-state index in [0.29, 0.717) is 28.2 Å². The number of H-pyrrole nitrogens is 1. The number of benzene rings is 2. The Hall–Kier alpha value is -3.22. The van der Waals surface area contributed by atoms with Crippen molar-refractivity contribution in [2.24, 2.45) is 0 Å². The first-order valence-corrected chi connectivity index (χ1v) is 6.13. The normalized spacial score (nSPS) is 10.5. The van der Waals surface area contributed by atoms with Gasteiger partial charge in [0.1, 0.15) is 11.5 Å². The van der Waals surface area contributed by atoms with Crippen molar-refractivity contribution in [1.82, 2.24) is 9.97 Å². The molecule has 3 rings (SSSR count). The minimum absolute atomic E-state index is 0.169. The Morgan fingerprint density at radius 1 is 1.19 bits per heavy atom. The van der Waals surface area contributed by atoms with Gasteiger partial charge in [-0.25, -0.2) is 9.78 Å². The van der Waals surface area contributed by atoms with E-state index in [4.69, 9.17) is 15.6 Å². The first kappa shape index (κ1) is 12.8. The third kappa shape index (κ3) is 2.86. The summed E-state index contributed by atoms with van der Waals surface area (Å²) in [5.74, 6) is 1.44. The highest BCUT2D eigenvalue weighted by molar-refractivity contribution is 5.85. The molecule has 2 aromatic carbocycles. The van der Waals surface area contributed by atoms with Crippen molar-refractivity contribution in [3.63, 3.8) is 0 Å². The molecule has 0 aliphatic carbocycles. The summed E-state index contributed by atoms with van der Waals surface area (Å²) in [7, 11) is 0. The topological polar surface area (TPSA) is 113 Å². The predicted octanol–water partition coefficient (Wildman–Crippen LogP) is 3.03. The van der Waals surface area contributed by atoms with Crippen molar-refractivity contribution >= 4 is 28.8 Å². The Bertz CT molecular complexity index is 796. The molecule has 0 bridgehead atoms. The van der Waals surface area contributed by atoms with Gasteiger partial charge in [-0.2, -0.15) is 0 Å². The fourth-order valence-corrected chi connectivity index (χ4v) is 1.88. The number of amides is 1. The van der Waals surface area contributed by atoms with Crippen LogP contribution in [-0.2, 0) is 0 Å². The standard InChI is InChI=1S/C14H12N4O3/c15-8-1-3-9(4-2-8)21-10-5-6-11-12(7-10)17-13(16-11)18-14(19)20/h1-7H,15H2,(H,19,20)(H2,16,17,18). The minimum Gasteiger partial charge on any atom is -0.465 e. The molecule has 0 saturated carbocycles. The number of aromatic amines is 1. The maximum absolute atomic E-state index is 10.6. The highest BCUT2D eigenvalue weighted by Crippen LogP contribution is 2.26. The van der Waals surface area contributed by atoms with Crippen LogP contribution in [0.5, 0.6) is 11.5 Å². The number of ether oxygens (including phenoxy) is 1. The molecule has 0 aliphatic rings. The van der Waals surface area contributed by atoms with Crippen molar-refractivity contribution in [3.8, 4) is 11.5 Å². The van der Waals surface area contributed by atoms with E-state index in [-0.39, 0.29) is 5.95 Å². The van der Waals surface area contributed by atoms with E-state index in [0.717, 1.165) is 0 Å². The molecule has 3 aromatic rings. The minimum atomic E-state index is -1.17. The number of nitrogens with zero attached hydrogens (tertiary/aromatic N) is 1. The van der Waals surface area contributed by atoms with E-state index < -0.39 is 6.09 Å². The van der Waals surface area contributed by atoms with Crippen LogP contribution in [0.1, 0.15) is 0 Å². The molecule has 7 heteroatoms. The average Bonchev–Trinajstić information content (AvgIpc) is 2.82. The number of hydrogen-bond donors (Lipinski definition) is 4. The van der Waals surface area contributed by atoms with Crippen molar-refractivity contribution in [3.05, 3.63) is 42.5 Å². The van der Waals surface area contributed by atoms with Gasteiger partial charge in [-0.05, 0) is 36.4 Å². The first-order valence-electron chi connectivity index (χ1n) is 6.13. The number of carboxylic acid groups (broad SMARTS) is 1. The molecular weight excluding hydrogens is 272 g/mol. The van der Waals surface area contributed by atoms with Crippen LogP contribution in [0.25, 0.3) is 11.0 Å². The smallest absolute Gasteiger partial charge is 0.411 e. The molecule has 0 atom stereocenters. The van der Waals surface area contributed by atoms with Gasteiger partial charge in [0.2, 0.25) is 5.95 Å². The van der Waals surface area contributed by atoms with E-state index in [2.05, 4.69) is 15.3 Å². The lowest BCUT2D eigenvalue weighted by atomic mass is 10.3. The number of nitrogens with one attached hydrogen (secondary N) is 2. The van der Waals surface area contributed by atoms with E-state index in [1.54, 1.807) is 42.5 Å². The Kier molecular flexibility index (Phi) is 3.07. The van der Waals surface area contributed by atoms with Crippen LogP contribution in [0.3, 0.4) is 0 Å². The van der Waals surface area contributed by atoms with E-state index in [9.17, 15) is 4.79 Å². The molecular formula is C14H12N4O3. The number of rotatable bonds is 3. The Balaban J connectivity index is 1.86. The lowest BCUT2D eigenvalue weighted by Gasteiger charge is -2.05. The van der Waals surface area contributed by atoms with Crippen molar-refractivity contribution < 1.29 is 14.6 Å². The van der Waals surface area contributed by atoms with Gasteiger partial charge in [0.25, 0.3) is 0 Å². The second kappa shape index (κ2) is 5.04. The zero-order valence-electron chi connectivity index (χ0n) is 10.8. The molecule has 0 fully saturated rings. The summed E-state index contributed by atoms with van der Waals surface area (Å²) in [6, 6.07) is 12.3. The monoisotopic (exact) mass is 284 g/mol. The lowest BCUT2D eigenvalue weighted by Crippen LogP contribution is -2.08. The largest absolute Gasteiger partial charge is 0.465 e. The van der Waals surface area contributed by atoms with Crippen LogP contribution < -0.4 is 15.8 Å². The summed E-state index contributed by atoms with van der Waals surface area (Å²) in [5, 5.41) is 10.8. The molecule has 1 heterocycles. The maximum Gasteiger partial charge on any atom is 0.411 e. The van der Waals surface area contributed by atoms with Crippen LogP contribution in [0.15, 0.2) is 42.5 Å². The van der Waals surface area contributed by atoms with Gasteiger partial charge in [-0.15, -0.1) is 0 Å². The molecule has 5 N–H and O–H groups in total. The second-order valence-corrected chi connectivity index (χ2v) is 4.37. The number of imidazole rings is 1. The fraction of sp³-hybridized carbons (Fsp3) is 0. The van der Waals surface area contributed by atoms with Crippen LogP contribution in [-0.4, -0.2) is 21.2 Å². The zero-order valence-corrected chi connectivity index (χ0v) is 10.8. The number of nitrogens with two attached hydrogens (primary N) is 1. The second-order valence-electron chi connectivity index (χ2n) is 4.37. The highest BCUT2D eigenvalue weighted by atomic mass is 16.5. The molecule has 0 aliphatic heterocycles. The number of anilines is 2. The average molecular weight is 284 g/mol. The zero-order chi connectivity index (χ0) is 14.8. The summed E-state index contributed by atoms with van der Waals surface area (Å²) >= 11 is 0. The van der Waals surface area contributed by atoms with Gasteiger partial charge in [-0.1, -0.05) is 0 Å². The van der Waals surface area contributed by atoms with Crippen LogP contribution in [0, 0.1) is 0 Å². The summed E-state index contributed by atoms with van der Waals surface area (Å²) in [6.07, 6.45) is -1.17. The fourth-order valence-electron chi connectivity index (χ4n) is 1.88. The number of fused-ring (bicyclic) bond motifs is 1. The third-order valence-electron chi connectivity index (χ3n) is 2.79. The summed E-state index contributed by atoms with van der Waals surface area (Å²) in [4.78, 5) is 17.5. The number of hydrogen-bond acceptors (Lipinski definition) is 4. The van der Waals surface area contributed by atoms with Gasteiger partial charge in [-0.3, -0.25) is 5.32 Å². The molecule has 106 valence electrons. The molecule has 0 unspecified atom stereocenters. The van der Waals surface area contributed by atoms with Crippen molar-refractivity contribution in [1.29, 1.82) is 0 Å². The number of aromatic nitrogens is 2. The number of nitrogen functional groups attached to an aromatic ring is 1. The van der Waals surface area contributed by atoms with Crippen LogP contribution in [0.4, 0.5) is 16.4 Å². The van der Waals surface area contributed by atoms with Crippen LogP contribution >= 0.6 is 0 Å². The summed E-state index contributed by atoms with van der Waals surface area (Å²) < 4.78 is 5.69. The van der Waals surface area contributed by atoms with Gasteiger partial charge in [0.05, 0.1) is 11.0 Å². The molecule has 0 spiro atoms. The van der Waals surface area contributed by atoms with E-state index >= 15 is 0 Å². The van der Waals surface area contributed by atoms with Gasteiger partial charge >= 0.3 is 6.09 Å².